The van der Waals surface area contributed by atoms with Crippen molar-refractivity contribution < 1.29 is 4.74 Å². The van der Waals surface area contributed by atoms with Crippen LogP contribution in [0, 0.1) is 19.8 Å². The molecule has 1 aromatic rings. The average molecular weight is 262 g/mol. The molecule has 0 radical (unpaired) electrons. The average Bonchev–Trinajstić information content (AvgIpc) is 2.37. The molecule has 0 aromatic heterocycles. The zero-order valence-corrected chi connectivity index (χ0v) is 12.3. The second-order valence-corrected chi connectivity index (χ2v) is 5.82. The van der Waals surface area contributed by atoms with Crippen molar-refractivity contribution in [2.75, 3.05) is 19.0 Å². The minimum Gasteiger partial charge on any atom is -0.494 e. The molecule has 3 N–H and O–H groups in total. The minimum absolute atomic E-state index is 0.423. The van der Waals surface area contributed by atoms with Crippen LogP contribution in [0.3, 0.4) is 0 Å². The molecule has 0 atom stereocenters. The Morgan fingerprint density at radius 3 is 2.53 bits per heavy atom. The third kappa shape index (κ3) is 3.63. The summed E-state index contributed by atoms with van der Waals surface area (Å²) < 4.78 is 5.51. The molecule has 0 unspecified atom stereocenters. The Balaban J connectivity index is 1.99. The van der Waals surface area contributed by atoms with Crippen LogP contribution in [-0.2, 0) is 0 Å². The Morgan fingerprint density at radius 1 is 1.21 bits per heavy atom. The van der Waals surface area contributed by atoms with Crippen molar-refractivity contribution in [3.63, 3.8) is 0 Å². The molecule has 1 saturated carbocycles. The van der Waals surface area contributed by atoms with Gasteiger partial charge in [-0.1, -0.05) is 6.07 Å². The smallest absolute Gasteiger partial charge is 0.144 e. The van der Waals surface area contributed by atoms with Gasteiger partial charge in [-0.15, -0.1) is 0 Å². The van der Waals surface area contributed by atoms with E-state index < -0.39 is 0 Å². The summed E-state index contributed by atoms with van der Waals surface area (Å²) in [6, 6.07) is 4.75. The van der Waals surface area contributed by atoms with Crippen LogP contribution in [0.15, 0.2) is 12.1 Å². The SMILES string of the molecule is COc1c(C)cc(C)cc1NCC1CCC(N)CC1. The van der Waals surface area contributed by atoms with Crippen molar-refractivity contribution in [2.24, 2.45) is 11.7 Å². The topological polar surface area (TPSA) is 47.3 Å². The first-order valence-electron chi connectivity index (χ1n) is 7.25. The Kier molecular flexibility index (Phi) is 4.70. The van der Waals surface area contributed by atoms with Gasteiger partial charge in [-0.2, -0.15) is 0 Å². The number of benzene rings is 1. The highest BCUT2D eigenvalue weighted by atomic mass is 16.5. The van der Waals surface area contributed by atoms with Gasteiger partial charge in [0.05, 0.1) is 12.8 Å². The van der Waals surface area contributed by atoms with Gasteiger partial charge in [0.15, 0.2) is 0 Å². The van der Waals surface area contributed by atoms with Crippen LogP contribution in [-0.4, -0.2) is 19.7 Å². The number of ether oxygens (including phenoxy) is 1. The molecule has 2 rings (SSSR count). The molecule has 0 saturated heterocycles. The van der Waals surface area contributed by atoms with Crippen molar-refractivity contribution in [1.82, 2.24) is 0 Å². The van der Waals surface area contributed by atoms with Crippen LogP contribution in [0.5, 0.6) is 5.75 Å². The molecule has 0 spiro atoms. The number of hydrogen-bond donors (Lipinski definition) is 2. The van der Waals surface area contributed by atoms with Crippen molar-refractivity contribution in [3.8, 4) is 5.75 Å². The molecule has 0 aliphatic heterocycles. The summed E-state index contributed by atoms with van der Waals surface area (Å²) in [5.74, 6) is 1.71. The van der Waals surface area contributed by atoms with Crippen molar-refractivity contribution in [3.05, 3.63) is 23.3 Å². The standard InChI is InChI=1S/C16H26N2O/c1-11-8-12(2)16(19-3)15(9-11)18-10-13-4-6-14(17)7-5-13/h8-9,13-14,18H,4-7,10,17H2,1-3H3. The van der Waals surface area contributed by atoms with E-state index in [1.54, 1.807) is 7.11 Å². The van der Waals surface area contributed by atoms with E-state index in [-0.39, 0.29) is 0 Å². The maximum absolute atomic E-state index is 5.95. The van der Waals surface area contributed by atoms with Crippen molar-refractivity contribution >= 4 is 5.69 Å². The number of rotatable bonds is 4. The highest BCUT2D eigenvalue weighted by Gasteiger charge is 2.18. The molecule has 0 amide bonds. The summed E-state index contributed by atoms with van der Waals surface area (Å²) in [5.41, 5.74) is 9.53. The number of anilines is 1. The predicted molar refractivity (Wildman–Crippen MR) is 80.9 cm³/mol. The molecule has 106 valence electrons. The highest BCUT2D eigenvalue weighted by Crippen LogP contribution is 2.31. The number of nitrogens with one attached hydrogen (secondary N) is 1. The molecule has 3 heteroatoms. The van der Waals surface area contributed by atoms with Gasteiger partial charge in [0, 0.05) is 12.6 Å². The number of hydrogen-bond acceptors (Lipinski definition) is 3. The summed E-state index contributed by atoms with van der Waals surface area (Å²) in [7, 11) is 1.74. The summed E-state index contributed by atoms with van der Waals surface area (Å²) in [6.07, 6.45) is 4.80. The van der Waals surface area contributed by atoms with Crippen LogP contribution < -0.4 is 15.8 Å². The van der Waals surface area contributed by atoms with E-state index in [1.165, 1.54) is 24.0 Å². The molecule has 1 fully saturated rings. The fraction of sp³-hybridized carbons (Fsp3) is 0.625. The van der Waals surface area contributed by atoms with Gasteiger partial charge >= 0.3 is 0 Å². The Labute approximate surface area is 116 Å². The summed E-state index contributed by atoms with van der Waals surface area (Å²) in [6.45, 7) is 5.24. The van der Waals surface area contributed by atoms with E-state index in [0.717, 1.165) is 36.7 Å². The van der Waals surface area contributed by atoms with Gasteiger partial charge in [-0.25, -0.2) is 0 Å². The Hall–Kier alpha value is -1.22. The number of nitrogens with two attached hydrogens (primary N) is 1. The first-order valence-corrected chi connectivity index (χ1v) is 7.25. The maximum Gasteiger partial charge on any atom is 0.144 e. The lowest BCUT2D eigenvalue weighted by atomic mass is 9.86. The third-order valence-corrected chi connectivity index (χ3v) is 4.10. The molecule has 1 aromatic carbocycles. The molecule has 1 aliphatic carbocycles. The lowest BCUT2D eigenvalue weighted by Crippen LogP contribution is -2.29. The largest absolute Gasteiger partial charge is 0.494 e. The quantitative estimate of drug-likeness (QED) is 0.875. The molecule has 3 nitrogen and oxygen atoms in total. The van der Waals surface area contributed by atoms with E-state index >= 15 is 0 Å². The van der Waals surface area contributed by atoms with Crippen LogP contribution in [0.2, 0.25) is 0 Å². The number of methoxy groups -OCH3 is 1. The molecular weight excluding hydrogens is 236 g/mol. The molecule has 0 heterocycles. The predicted octanol–water partition coefficient (Wildman–Crippen LogP) is 3.24. The van der Waals surface area contributed by atoms with Gasteiger partial charge in [0.1, 0.15) is 5.75 Å². The maximum atomic E-state index is 5.95. The van der Waals surface area contributed by atoms with Crippen LogP contribution in [0.25, 0.3) is 0 Å². The molecular formula is C16H26N2O. The molecule has 0 bridgehead atoms. The zero-order chi connectivity index (χ0) is 13.8. The van der Waals surface area contributed by atoms with Crippen molar-refractivity contribution in [2.45, 2.75) is 45.6 Å². The summed E-state index contributed by atoms with van der Waals surface area (Å²) in [5, 5.41) is 3.56. The lowest BCUT2D eigenvalue weighted by Gasteiger charge is -2.27. The highest BCUT2D eigenvalue weighted by molar-refractivity contribution is 5.61. The van der Waals surface area contributed by atoms with E-state index in [0.29, 0.717) is 6.04 Å². The number of aryl methyl sites for hydroxylation is 2. The van der Waals surface area contributed by atoms with Crippen molar-refractivity contribution in [1.29, 1.82) is 0 Å². The van der Waals surface area contributed by atoms with E-state index in [2.05, 4.69) is 31.3 Å². The van der Waals surface area contributed by atoms with Gasteiger partial charge in [-0.05, 0) is 62.6 Å². The second-order valence-electron chi connectivity index (χ2n) is 5.82. The first-order chi connectivity index (χ1) is 9.10. The third-order valence-electron chi connectivity index (χ3n) is 4.10. The van der Waals surface area contributed by atoms with Crippen LogP contribution in [0.4, 0.5) is 5.69 Å². The van der Waals surface area contributed by atoms with Gasteiger partial charge in [0.25, 0.3) is 0 Å². The fourth-order valence-electron chi connectivity index (χ4n) is 3.00. The monoisotopic (exact) mass is 262 g/mol. The first kappa shape index (κ1) is 14.2. The zero-order valence-electron chi connectivity index (χ0n) is 12.3. The molecule has 19 heavy (non-hydrogen) atoms. The summed E-state index contributed by atoms with van der Waals surface area (Å²) in [4.78, 5) is 0. The van der Waals surface area contributed by atoms with Gasteiger partial charge in [-0.3, -0.25) is 0 Å². The van der Waals surface area contributed by atoms with Gasteiger partial charge in [0.2, 0.25) is 0 Å². The minimum atomic E-state index is 0.423. The second kappa shape index (κ2) is 6.29. The lowest BCUT2D eigenvalue weighted by molar-refractivity contribution is 0.338. The van der Waals surface area contributed by atoms with E-state index in [1.807, 2.05) is 0 Å². The van der Waals surface area contributed by atoms with E-state index in [9.17, 15) is 0 Å². The fourth-order valence-corrected chi connectivity index (χ4v) is 3.00. The normalized spacial score (nSPS) is 23.2. The molecule has 1 aliphatic rings. The van der Waals surface area contributed by atoms with Crippen LogP contribution >= 0.6 is 0 Å². The van der Waals surface area contributed by atoms with Gasteiger partial charge < -0.3 is 15.8 Å². The Morgan fingerprint density at radius 2 is 1.89 bits per heavy atom. The summed E-state index contributed by atoms with van der Waals surface area (Å²) >= 11 is 0. The van der Waals surface area contributed by atoms with Crippen LogP contribution in [0.1, 0.15) is 36.8 Å². The van der Waals surface area contributed by atoms with E-state index in [4.69, 9.17) is 10.5 Å². The Bertz CT molecular complexity index is 423.